The average Bonchev–Trinajstić information content (AvgIpc) is 3.06. The predicted molar refractivity (Wildman–Crippen MR) is 194 cm³/mol. The van der Waals surface area contributed by atoms with Crippen molar-refractivity contribution in [2.24, 2.45) is 0 Å². The highest BCUT2D eigenvalue weighted by atomic mass is 35.5. The minimum Gasteiger partial charge on any atom is -0.494 e. The van der Waals surface area contributed by atoms with Gasteiger partial charge in [0.25, 0.3) is 10.0 Å². The largest absolute Gasteiger partial charge is 0.494 e. The van der Waals surface area contributed by atoms with E-state index in [0.717, 1.165) is 14.8 Å². The SMILES string of the molecule is CCOc1ccc(N(CC(=O)N(Cc2ccccc2Cl)[C@H](Cc2ccccc2)C(=O)NC(C)(C)C)S(=O)(=O)c2ccc(SC)cc2)cc1. The number of carbonyl (C=O) groups excluding carboxylic acids is 2. The number of nitrogens with one attached hydrogen (secondary N) is 1. The fraction of sp³-hybridized carbons (Fsp3) is 0.297. The molecule has 0 heterocycles. The number of carbonyl (C=O) groups is 2. The molecule has 4 aromatic carbocycles. The topological polar surface area (TPSA) is 96.0 Å². The van der Waals surface area contributed by atoms with E-state index in [1.54, 1.807) is 60.7 Å². The van der Waals surface area contributed by atoms with Crippen LogP contribution in [0.1, 0.15) is 38.8 Å². The van der Waals surface area contributed by atoms with Gasteiger partial charge in [0.1, 0.15) is 18.3 Å². The van der Waals surface area contributed by atoms with E-state index >= 15 is 0 Å². The molecule has 0 fully saturated rings. The minimum atomic E-state index is -4.24. The van der Waals surface area contributed by atoms with Gasteiger partial charge >= 0.3 is 0 Å². The molecule has 254 valence electrons. The van der Waals surface area contributed by atoms with Gasteiger partial charge in [-0.15, -0.1) is 11.8 Å². The van der Waals surface area contributed by atoms with Crippen LogP contribution in [0, 0.1) is 0 Å². The van der Waals surface area contributed by atoms with Gasteiger partial charge < -0.3 is 15.0 Å². The molecule has 11 heteroatoms. The van der Waals surface area contributed by atoms with Crippen molar-refractivity contribution in [3.8, 4) is 5.75 Å². The normalized spacial score (nSPS) is 12.2. The first-order valence-electron chi connectivity index (χ1n) is 15.6. The van der Waals surface area contributed by atoms with E-state index in [4.69, 9.17) is 16.3 Å². The van der Waals surface area contributed by atoms with Gasteiger partial charge in [0, 0.05) is 28.4 Å². The Morgan fingerprint density at radius 2 is 1.52 bits per heavy atom. The van der Waals surface area contributed by atoms with Crippen LogP contribution >= 0.6 is 23.4 Å². The predicted octanol–water partition coefficient (Wildman–Crippen LogP) is 7.21. The number of nitrogens with zero attached hydrogens (tertiary/aromatic N) is 2. The monoisotopic (exact) mass is 707 g/mol. The Bertz CT molecular complexity index is 1780. The minimum absolute atomic E-state index is 0.0207. The zero-order valence-electron chi connectivity index (χ0n) is 27.9. The lowest BCUT2D eigenvalue weighted by atomic mass is 10.0. The summed E-state index contributed by atoms with van der Waals surface area (Å²) >= 11 is 8.08. The number of hydrogen-bond donors (Lipinski definition) is 1. The highest BCUT2D eigenvalue weighted by molar-refractivity contribution is 7.98. The van der Waals surface area contributed by atoms with Gasteiger partial charge in [0.15, 0.2) is 0 Å². The lowest BCUT2D eigenvalue weighted by Crippen LogP contribution is -2.56. The van der Waals surface area contributed by atoms with Gasteiger partial charge in [0.05, 0.1) is 17.2 Å². The van der Waals surface area contributed by atoms with Crippen LogP contribution in [0.25, 0.3) is 0 Å². The van der Waals surface area contributed by atoms with Crippen LogP contribution in [0.3, 0.4) is 0 Å². The van der Waals surface area contributed by atoms with Gasteiger partial charge in [-0.25, -0.2) is 8.42 Å². The van der Waals surface area contributed by atoms with Gasteiger partial charge in [-0.2, -0.15) is 0 Å². The molecule has 0 saturated heterocycles. The number of benzene rings is 4. The summed E-state index contributed by atoms with van der Waals surface area (Å²) in [7, 11) is -4.24. The van der Waals surface area contributed by atoms with E-state index in [0.29, 0.717) is 22.9 Å². The van der Waals surface area contributed by atoms with Crippen LogP contribution in [-0.2, 0) is 32.6 Å². The first kappa shape index (κ1) is 36.8. The highest BCUT2D eigenvalue weighted by Gasteiger charge is 2.36. The van der Waals surface area contributed by atoms with Crippen LogP contribution < -0.4 is 14.4 Å². The number of anilines is 1. The van der Waals surface area contributed by atoms with E-state index in [-0.39, 0.29) is 29.5 Å². The molecule has 0 saturated carbocycles. The smallest absolute Gasteiger partial charge is 0.264 e. The summed E-state index contributed by atoms with van der Waals surface area (Å²) in [5, 5.41) is 3.46. The Morgan fingerprint density at radius 3 is 2.10 bits per heavy atom. The molecule has 0 aromatic heterocycles. The van der Waals surface area contributed by atoms with Crippen LogP contribution in [0.5, 0.6) is 5.75 Å². The summed E-state index contributed by atoms with van der Waals surface area (Å²) in [6.07, 6.45) is 2.11. The van der Waals surface area contributed by atoms with Crippen molar-refractivity contribution in [1.82, 2.24) is 10.2 Å². The molecular weight excluding hydrogens is 666 g/mol. The average molecular weight is 708 g/mol. The lowest BCUT2D eigenvalue weighted by Gasteiger charge is -2.35. The molecule has 0 aliphatic rings. The lowest BCUT2D eigenvalue weighted by molar-refractivity contribution is -0.140. The van der Waals surface area contributed by atoms with Crippen LogP contribution in [-0.4, -0.2) is 56.1 Å². The Labute approximate surface area is 293 Å². The molecule has 0 unspecified atom stereocenters. The molecule has 2 amide bonds. The van der Waals surface area contributed by atoms with Crippen molar-refractivity contribution < 1.29 is 22.7 Å². The maximum absolute atomic E-state index is 14.7. The molecule has 0 radical (unpaired) electrons. The van der Waals surface area contributed by atoms with Gasteiger partial charge in [0.2, 0.25) is 11.8 Å². The molecule has 8 nitrogen and oxygen atoms in total. The molecule has 0 spiro atoms. The zero-order valence-corrected chi connectivity index (χ0v) is 30.2. The first-order chi connectivity index (χ1) is 22.8. The van der Waals surface area contributed by atoms with Gasteiger partial charge in [-0.1, -0.05) is 60.1 Å². The molecule has 0 aliphatic heterocycles. The molecule has 0 bridgehead atoms. The van der Waals surface area contributed by atoms with Crippen molar-refractivity contribution in [2.45, 2.75) is 62.0 Å². The van der Waals surface area contributed by atoms with Crippen molar-refractivity contribution in [3.63, 3.8) is 0 Å². The number of rotatable bonds is 14. The van der Waals surface area contributed by atoms with E-state index in [1.165, 1.54) is 28.8 Å². The first-order valence-corrected chi connectivity index (χ1v) is 18.6. The van der Waals surface area contributed by atoms with Crippen molar-refractivity contribution in [1.29, 1.82) is 0 Å². The molecule has 1 atom stereocenters. The van der Waals surface area contributed by atoms with Gasteiger partial charge in [-0.05, 0) is 99.7 Å². The summed E-state index contributed by atoms with van der Waals surface area (Å²) in [5.74, 6) is -0.371. The van der Waals surface area contributed by atoms with E-state index in [1.807, 2.05) is 64.3 Å². The maximum atomic E-state index is 14.7. The van der Waals surface area contributed by atoms with Crippen molar-refractivity contribution >= 4 is 50.9 Å². The molecule has 0 aliphatic carbocycles. The molecule has 4 aromatic rings. The molecular formula is C37H42ClN3O5S2. The summed E-state index contributed by atoms with van der Waals surface area (Å²) in [4.78, 5) is 31.1. The zero-order chi connectivity index (χ0) is 34.9. The fourth-order valence-corrected chi connectivity index (χ4v) is 7.11. The molecule has 48 heavy (non-hydrogen) atoms. The third kappa shape index (κ3) is 9.78. The Hall–Kier alpha value is -3.99. The summed E-state index contributed by atoms with van der Waals surface area (Å²) in [6, 6.07) is 28.6. The fourth-order valence-electron chi connectivity index (χ4n) is 5.10. The van der Waals surface area contributed by atoms with Gasteiger partial charge in [-0.3, -0.25) is 13.9 Å². The summed E-state index contributed by atoms with van der Waals surface area (Å²) in [6.45, 7) is 7.31. The maximum Gasteiger partial charge on any atom is 0.264 e. The Kier molecular flexibility index (Phi) is 12.6. The second kappa shape index (κ2) is 16.4. The van der Waals surface area contributed by atoms with E-state index in [2.05, 4.69) is 5.32 Å². The van der Waals surface area contributed by atoms with Crippen molar-refractivity contribution in [2.75, 3.05) is 23.7 Å². The third-order valence-electron chi connectivity index (χ3n) is 7.43. The van der Waals surface area contributed by atoms with E-state index in [9.17, 15) is 18.0 Å². The Morgan fingerprint density at radius 1 is 0.896 bits per heavy atom. The van der Waals surface area contributed by atoms with E-state index < -0.39 is 34.1 Å². The number of sulfonamides is 1. The van der Waals surface area contributed by atoms with Crippen LogP contribution in [0.4, 0.5) is 5.69 Å². The number of thioether (sulfide) groups is 1. The molecule has 4 rings (SSSR count). The quantitative estimate of drug-likeness (QED) is 0.139. The second-order valence-corrected chi connectivity index (χ2v) is 15.3. The third-order valence-corrected chi connectivity index (χ3v) is 10.3. The second-order valence-electron chi connectivity index (χ2n) is 12.2. The number of amides is 2. The highest BCUT2D eigenvalue weighted by Crippen LogP contribution is 2.29. The Balaban J connectivity index is 1.83. The number of halogens is 1. The van der Waals surface area contributed by atoms with Crippen LogP contribution in [0.2, 0.25) is 5.02 Å². The number of ether oxygens (including phenoxy) is 1. The van der Waals surface area contributed by atoms with Crippen molar-refractivity contribution in [3.05, 3.63) is 119 Å². The molecule has 1 N–H and O–H groups in total. The van der Waals surface area contributed by atoms with Crippen LogP contribution in [0.15, 0.2) is 113 Å². The standard InChI is InChI=1S/C37H42ClN3O5S2/c1-6-46-30-18-16-29(17-19-30)41(48(44,45)32-22-20-31(47-5)21-23-32)26-35(42)40(25-28-14-10-11-15-33(28)38)34(36(43)39-37(2,3)4)24-27-12-8-7-9-13-27/h7-23,34H,6,24-26H2,1-5H3,(H,39,43)/t34-/m1/s1. The summed E-state index contributed by atoms with van der Waals surface area (Å²) in [5.41, 5.74) is 1.15. The number of hydrogen-bond acceptors (Lipinski definition) is 6. The summed E-state index contributed by atoms with van der Waals surface area (Å²) < 4.78 is 35.3.